The lowest BCUT2D eigenvalue weighted by Gasteiger charge is -2.26. The molecular weight excluding hydrogens is 1240 g/mol. The van der Waals surface area contributed by atoms with E-state index in [0.717, 1.165) is 127 Å². The van der Waals surface area contributed by atoms with Gasteiger partial charge in [0.2, 0.25) is 0 Å². The number of hydrogen-bond donors (Lipinski definition) is 6. The number of aliphatic hydroxyl groups excluding tert-OH is 3. The maximum Gasteiger partial charge on any atom is 0.116 e. The van der Waals surface area contributed by atoms with E-state index in [1.165, 1.54) is 99.9 Å². The zero-order chi connectivity index (χ0) is 69.9. The minimum absolute atomic E-state index is 0.147. The van der Waals surface area contributed by atoms with Crippen molar-refractivity contribution in [2.75, 3.05) is 59.1 Å². The molecule has 520 valence electrons. The van der Waals surface area contributed by atoms with Crippen LogP contribution in [0.3, 0.4) is 0 Å². The van der Waals surface area contributed by atoms with Gasteiger partial charge in [0.25, 0.3) is 0 Å². The van der Waals surface area contributed by atoms with E-state index in [1.807, 2.05) is 54.6 Å². The van der Waals surface area contributed by atoms with Gasteiger partial charge in [0.05, 0.1) is 0 Å². The molecule has 2 aliphatic carbocycles. The predicted molar refractivity (Wildman–Crippen MR) is 418 cm³/mol. The fourth-order valence-electron chi connectivity index (χ4n) is 15.0. The summed E-state index contributed by atoms with van der Waals surface area (Å²) in [4.78, 5) is 7.77. The minimum atomic E-state index is 0.147. The number of aliphatic hydroxyl groups is 3. The van der Waals surface area contributed by atoms with E-state index in [-0.39, 0.29) is 37.1 Å². The summed E-state index contributed by atoms with van der Waals surface area (Å²) in [7, 11) is 0. The molecule has 101 heavy (non-hydrogen) atoms. The van der Waals surface area contributed by atoms with Crippen LogP contribution in [0.4, 0.5) is 0 Å². The molecule has 1 unspecified atom stereocenters. The van der Waals surface area contributed by atoms with Crippen molar-refractivity contribution in [2.24, 2.45) is 0 Å². The van der Waals surface area contributed by atoms with E-state index in [2.05, 4.69) is 192 Å². The third kappa shape index (κ3) is 19.1. The van der Waals surface area contributed by atoms with E-state index in [9.17, 15) is 30.6 Å². The molecule has 0 aromatic heterocycles. The average molecular weight is 1340 g/mol. The predicted octanol–water partition coefficient (Wildman–Crippen LogP) is 19.1. The third-order valence-electron chi connectivity index (χ3n) is 20.8. The van der Waals surface area contributed by atoms with Gasteiger partial charge in [-0.2, -0.15) is 0 Å². The van der Waals surface area contributed by atoms with Crippen LogP contribution in [0.1, 0.15) is 170 Å². The van der Waals surface area contributed by atoms with E-state index < -0.39 is 0 Å². The first-order chi connectivity index (χ1) is 49.5. The van der Waals surface area contributed by atoms with Crippen molar-refractivity contribution in [3.8, 4) is 17.2 Å². The Morgan fingerprint density at radius 3 is 1.05 bits per heavy atom. The maximum absolute atomic E-state index is 10.2. The Hall–Kier alpha value is -9.16. The Kier molecular flexibility index (Phi) is 25.1. The number of rotatable bonds is 24. The topological polar surface area (TPSA) is 131 Å². The van der Waals surface area contributed by atoms with E-state index in [1.54, 1.807) is 30.3 Å². The number of aromatic hydroxyl groups is 3. The number of allylic oxidation sites excluding steroid dienone is 3. The molecule has 9 aromatic carbocycles. The second-order valence-electron chi connectivity index (χ2n) is 28.0. The lowest BCUT2D eigenvalue weighted by atomic mass is 9.86. The first-order valence-corrected chi connectivity index (χ1v) is 37.0. The molecular formula is C92H101N3O6. The molecule has 1 atom stereocenters. The molecule has 3 heterocycles. The molecule has 0 radical (unpaired) electrons. The maximum atomic E-state index is 10.2. The second-order valence-corrected chi connectivity index (χ2v) is 28.0. The van der Waals surface area contributed by atoms with Crippen LogP contribution in [0.15, 0.2) is 249 Å². The standard InChI is InChI=1S/2C31H33NO2.C30H35NO2/c33-21-5-10-30(25-6-2-1-3-7-25)31(27-8-4-9-29(34)22-27)26-13-11-23(12-14-26)24-17-19-32(20-18-24)28-15-16-28;33-22-4-7-30(25-5-2-1-3-6-25)31(27-12-16-29(34)17-13-27)26-10-8-23(9-11-26)24-18-20-32(21-19-24)28-14-15-28;1-22(2)31-19-18-27(21-31)23-10-12-25(13-11-23)30(26-14-16-28(33)17-15-26)29(9-6-20-32)24-7-4-3-5-8-24/h1-4,6-9,11-14,17,22,28,33-34H,5,10,15-16,18-21H2;1-3,5-6,8-13,16-18,28,33-34H,4,7,14-15,19-22H2;3-5,7-8,10-17,22,27,32-33H,6,9,18-21H2,1-2H3/b2*31-30+;30-29+. The van der Waals surface area contributed by atoms with Gasteiger partial charge in [-0.15, -0.1) is 0 Å². The molecule has 2 saturated carbocycles. The highest BCUT2D eigenvalue weighted by Gasteiger charge is 2.32. The molecule has 14 rings (SSSR count). The Morgan fingerprint density at radius 2 is 0.723 bits per heavy atom. The molecule has 1 saturated heterocycles. The normalized spacial score (nSPS) is 17.3. The minimum Gasteiger partial charge on any atom is -0.508 e. The van der Waals surface area contributed by atoms with Crippen LogP contribution in [0.2, 0.25) is 0 Å². The molecule has 0 spiro atoms. The number of likely N-dealkylation sites (tertiary alicyclic amines) is 1. The zero-order valence-electron chi connectivity index (χ0n) is 59.1. The van der Waals surface area contributed by atoms with Gasteiger partial charge < -0.3 is 35.5 Å². The number of nitrogens with zero attached hydrogens (tertiary/aromatic N) is 3. The Bertz CT molecular complexity index is 4270. The van der Waals surface area contributed by atoms with Crippen LogP contribution in [-0.4, -0.2) is 123 Å². The molecule has 0 bridgehead atoms. The van der Waals surface area contributed by atoms with Crippen LogP contribution < -0.4 is 0 Å². The first kappa shape index (κ1) is 71.7. The SMILES string of the molecule is CC(C)N1CCC(c2ccc(/C(=C(/CCCO)c3ccccc3)c3ccc(O)cc3)cc2)C1.OCCC/C(=C(/c1ccc(C2=CCN(C3CC3)CC2)cc1)c1cccc(O)c1)c1ccccc1.OCCC/C(=C(\c1ccc(O)cc1)c1ccc(C2=CCN(C3CC3)CC2)cc1)c1ccccc1. The number of benzene rings is 9. The molecule has 3 aliphatic heterocycles. The van der Waals surface area contributed by atoms with E-state index in [0.29, 0.717) is 31.2 Å². The fraction of sp³-hybridized carbons (Fsp3) is 0.304. The van der Waals surface area contributed by atoms with Crippen LogP contribution >= 0.6 is 0 Å². The quantitative estimate of drug-likeness (QED) is 0.0328. The van der Waals surface area contributed by atoms with Gasteiger partial charge in [-0.1, -0.05) is 212 Å². The van der Waals surface area contributed by atoms with Gasteiger partial charge in [0.1, 0.15) is 17.2 Å². The van der Waals surface area contributed by atoms with Gasteiger partial charge in [-0.05, 0) is 258 Å². The molecule has 0 amide bonds. The van der Waals surface area contributed by atoms with Crippen molar-refractivity contribution < 1.29 is 30.6 Å². The first-order valence-electron chi connectivity index (χ1n) is 37.0. The highest BCUT2D eigenvalue weighted by atomic mass is 16.3. The van der Waals surface area contributed by atoms with Gasteiger partial charge >= 0.3 is 0 Å². The summed E-state index contributed by atoms with van der Waals surface area (Å²) in [6.45, 7) is 11.8. The van der Waals surface area contributed by atoms with Gasteiger partial charge in [-0.3, -0.25) is 9.80 Å². The molecule has 9 aromatic rings. The number of hydrogen-bond acceptors (Lipinski definition) is 9. The lowest BCUT2D eigenvalue weighted by Crippen LogP contribution is -2.30. The van der Waals surface area contributed by atoms with Crippen LogP contribution in [0.5, 0.6) is 17.2 Å². The summed E-state index contributed by atoms with van der Waals surface area (Å²) in [5.41, 5.74) is 24.0. The summed E-state index contributed by atoms with van der Waals surface area (Å²) in [5.74, 6) is 1.37. The zero-order valence-corrected chi connectivity index (χ0v) is 59.1. The van der Waals surface area contributed by atoms with Crippen LogP contribution in [0, 0.1) is 0 Å². The summed E-state index contributed by atoms with van der Waals surface area (Å²) >= 11 is 0. The monoisotopic (exact) mass is 1340 g/mol. The van der Waals surface area contributed by atoms with Crippen molar-refractivity contribution in [3.05, 3.63) is 316 Å². The van der Waals surface area contributed by atoms with Gasteiger partial charge in [0, 0.05) is 70.7 Å². The second kappa shape index (κ2) is 35.4. The number of phenols is 3. The Labute approximate surface area is 599 Å². The summed E-state index contributed by atoms with van der Waals surface area (Å²) in [5, 5.41) is 58.8. The van der Waals surface area contributed by atoms with Crippen LogP contribution in [-0.2, 0) is 0 Å². The molecule has 3 fully saturated rings. The van der Waals surface area contributed by atoms with Crippen molar-refractivity contribution in [3.63, 3.8) is 0 Å². The lowest BCUT2D eigenvalue weighted by molar-refractivity contribution is 0.272. The van der Waals surface area contributed by atoms with Gasteiger partial charge in [0.15, 0.2) is 0 Å². The van der Waals surface area contributed by atoms with Crippen molar-refractivity contribution >= 4 is 44.6 Å². The van der Waals surface area contributed by atoms with Crippen molar-refractivity contribution in [1.82, 2.24) is 14.7 Å². The summed E-state index contributed by atoms with van der Waals surface area (Å²) in [6, 6.07) is 82.9. The fourth-order valence-corrected chi connectivity index (χ4v) is 15.0. The number of phenolic OH excluding ortho intramolecular Hbond substituents is 3. The van der Waals surface area contributed by atoms with Crippen LogP contribution in [0.25, 0.3) is 44.6 Å². The average Bonchev–Trinajstić information content (AvgIpc) is 1.70. The molecule has 9 nitrogen and oxygen atoms in total. The van der Waals surface area contributed by atoms with Crippen molar-refractivity contribution in [2.45, 2.75) is 121 Å². The van der Waals surface area contributed by atoms with Gasteiger partial charge in [-0.25, -0.2) is 0 Å². The summed E-state index contributed by atoms with van der Waals surface area (Å²) < 4.78 is 0. The molecule has 9 heteroatoms. The molecule has 6 N–H and O–H groups in total. The molecule has 5 aliphatic rings. The van der Waals surface area contributed by atoms with E-state index in [4.69, 9.17) is 0 Å². The van der Waals surface area contributed by atoms with Crippen molar-refractivity contribution in [1.29, 1.82) is 0 Å². The highest BCUT2D eigenvalue weighted by molar-refractivity contribution is 6.01. The largest absolute Gasteiger partial charge is 0.508 e. The van der Waals surface area contributed by atoms with E-state index >= 15 is 0 Å². The third-order valence-corrected chi connectivity index (χ3v) is 20.8. The Morgan fingerprint density at radius 1 is 0.366 bits per heavy atom. The highest BCUT2D eigenvalue weighted by Crippen LogP contribution is 2.42. The smallest absolute Gasteiger partial charge is 0.116 e. The Balaban J connectivity index is 0.000000143. The summed E-state index contributed by atoms with van der Waals surface area (Å²) in [6.07, 6.45) is 18.1.